The first kappa shape index (κ1) is 11.2. The highest BCUT2D eigenvalue weighted by molar-refractivity contribution is 14.1. The molecule has 0 atom stereocenters. The standard InChI is InChI=1S/C9H3IN4O/c10-1-6-7(4-13)8(14-9(6)15)5(2-11)3-12/h1H2,(H,14,15). The SMILES string of the molecule is N#CC(C#N)=C1NC(=O)C(CI)=C1C#N. The minimum atomic E-state index is -0.418. The Kier molecular flexibility index (Phi) is 3.43. The maximum absolute atomic E-state index is 11.3. The van der Waals surface area contributed by atoms with Crippen LogP contribution in [0.3, 0.4) is 0 Å². The van der Waals surface area contributed by atoms with Gasteiger partial charge in [-0.2, -0.15) is 15.8 Å². The summed E-state index contributed by atoms with van der Waals surface area (Å²) in [6, 6.07) is 5.10. The first-order chi connectivity index (χ1) is 7.19. The van der Waals surface area contributed by atoms with Crippen molar-refractivity contribution in [2.45, 2.75) is 0 Å². The van der Waals surface area contributed by atoms with E-state index < -0.39 is 5.91 Å². The molecule has 0 aliphatic carbocycles. The molecule has 0 bridgehead atoms. The lowest BCUT2D eigenvalue weighted by Gasteiger charge is -1.95. The van der Waals surface area contributed by atoms with Crippen molar-refractivity contribution in [2.24, 2.45) is 0 Å². The molecule has 1 aliphatic rings. The summed E-state index contributed by atoms with van der Waals surface area (Å²) in [5.41, 5.74) is 0.169. The molecule has 0 aromatic carbocycles. The Hall–Kier alpha value is -1.85. The summed E-state index contributed by atoms with van der Waals surface area (Å²) in [7, 11) is 0. The van der Waals surface area contributed by atoms with E-state index in [1.807, 2.05) is 28.7 Å². The molecular formula is C9H3IN4O. The zero-order valence-electron chi connectivity index (χ0n) is 7.33. The van der Waals surface area contributed by atoms with E-state index in [1.54, 1.807) is 12.1 Å². The summed E-state index contributed by atoms with van der Waals surface area (Å²) in [6.45, 7) is 0. The van der Waals surface area contributed by atoms with Gasteiger partial charge in [0, 0.05) is 10.0 Å². The Balaban J connectivity index is 3.45. The summed E-state index contributed by atoms with van der Waals surface area (Å²) in [5.74, 6) is -0.418. The number of carbonyl (C=O) groups excluding carboxylic acids is 1. The molecule has 1 aliphatic heterocycles. The van der Waals surface area contributed by atoms with Gasteiger partial charge in [-0.15, -0.1) is 0 Å². The number of nitrogens with one attached hydrogen (secondary N) is 1. The molecule has 0 unspecified atom stereocenters. The minimum Gasteiger partial charge on any atom is -0.319 e. The minimum absolute atomic E-state index is 0.0270. The van der Waals surface area contributed by atoms with Crippen molar-refractivity contribution < 1.29 is 4.79 Å². The zero-order chi connectivity index (χ0) is 11.4. The number of rotatable bonds is 1. The van der Waals surface area contributed by atoms with E-state index in [0.717, 1.165) is 0 Å². The fraction of sp³-hybridized carbons (Fsp3) is 0.111. The topological polar surface area (TPSA) is 100 Å². The Bertz CT molecular complexity index is 494. The smallest absolute Gasteiger partial charge is 0.253 e. The number of allylic oxidation sites excluding steroid dienone is 2. The van der Waals surface area contributed by atoms with Crippen molar-refractivity contribution in [3.63, 3.8) is 0 Å². The third-order valence-electron chi connectivity index (χ3n) is 1.78. The molecule has 1 amide bonds. The lowest BCUT2D eigenvalue weighted by Crippen LogP contribution is -2.17. The van der Waals surface area contributed by atoms with Crippen LogP contribution in [-0.2, 0) is 4.79 Å². The van der Waals surface area contributed by atoms with Crippen LogP contribution in [0.25, 0.3) is 0 Å². The largest absolute Gasteiger partial charge is 0.319 e. The third-order valence-corrected chi connectivity index (χ3v) is 2.55. The second-order valence-corrected chi connectivity index (χ2v) is 3.29. The van der Waals surface area contributed by atoms with Gasteiger partial charge in [0.25, 0.3) is 5.91 Å². The predicted molar refractivity (Wildman–Crippen MR) is 57.9 cm³/mol. The van der Waals surface area contributed by atoms with E-state index in [9.17, 15) is 4.79 Å². The molecule has 0 radical (unpaired) electrons. The molecular weight excluding hydrogens is 307 g/mol. The fourth-order valence-corrected chi connectivity index (χ4v) is 1.82. The third kappa shape index (κ3) is 1.83. The van der Waals surface area contributed by atoms with E-state index in [4.69, 9.17) is 15.8 Å². The van der Waals surface area contributed by atoms with E-state index in [-0.39, 0.29) is 16.8 Å². The summed E-state index contributed by atoms with van der Waals surface area (Å²) < 4.78 is 0.361. The van der Waals surface area contributed by atoms with Crippen molar-refractivity contribution in [1.29, 1.82) is 15.8 Å². The Labute approximate surface area is 99.4 Å². The Morgan fingerprint density at radius 1 is 1.33 bits per heavy atom. The van der Waals surface area contributed by atoms with Crippen LogP contribution in [0, 0.1) is 34.0 Å². The van der Waals surface area contributed by atoms with E-state index in [0.29, 0.717) is 10.0 Å². The van der Waals surface area contributed by atoms with Crippen LogP contribution in [0.5, 0.6) is 0 Å². The van der Waals surface area contributed by atoms with Gasteiger partial charge in [0.1, 0.15) is 18.2 Å². The average molecular weight is 310 g/mol. The van der Waals surface area contributed by atoms with Gasteiger partial charge in [0.15, 0.2) is 5.57 Å². The number of carbonyl (C=O) groups is 1. The van der Waals surface area contributed by atoms with Gasteiger partial charge in [-0.1, -0.05) is 22.6 Å². The van der Waals surface area contributed by atoms with Crippen LogP contribution in [0.2, 0.25) is 0 Å². The summed E-state index contributed by atoms with van der Waals surface area (Å²) in [6.07, 6.45) is 0. The van der Waals surface area contributed by atoms with Crippen molar-refractivity contribution in [2.75, 3.05) is 4.43 Å². The highest BCUT2D eigenvalue weighted by atomic mass is 127. The van der Waals surface area contributed by atoms with Crippen molar-refractivity contribution >= 4 is 28.5 Å². The second kappa shape index (κ2) is 4.59. The lowest BCUT2D eigenvalue weighted by atomic mass is 10.1. The van der Waals surface area contributed by atoms with Gasteiger partial charge >= 0.3 is 0 Å². The second-order valence-electron chi connectivity index (χ2n) is 2.53. The molecule has 6 heteroatoms. The maximum atomic E-state index is 11.3. The Morgan fingerprint density at radius 3 is 2.33 bits per heavy atom. The van der Waals surface area contributed by atoms with Crippen molar-refractivity contribution in [3.05, 3.63) is 22.4 Å². The molecule has 15 heavy (non-hydrogen) atoms. The quantitative estimate of drug-likeness (QED) is 0.437. The number of halogens is 1. The highest BCUT2D eigenvalue weighted by Crippen LogP contribution is 2.23. The predicted octanol–water partition coefficient (Wildman–Crippen LogP) is 0.673. The van der Waals surface area contributed by atoms with E-state index >= 15 is 0 Å². The first-order valence-electron chi connectivity index (χ1n) is 3.75. The van der Waals surface area contributed by atoms with Crippen LogP contribution in [-0.4, -0.2) is 10.3 Å². The van der Waals surface area contributed by atoms with Gasteiger partial charge in [0.2, 0.25) is 0 Å². The number of amides is 1. The van der Waals surface area contributed by atoms with Crippen LogP contribution < -0.4 is 5.32 Å². The average Bonchev–Trinajstić information content (AvgIpc) is 2.56. The highest BCUT2D eigenvalue weighted by Gasteiger charge is 2.28. The first-order valence-corrected chi connectivity index (χ1v) is 5.27. The van der Waals surface area contributed by atoms with E-state index in [1.165, 1.54) is 0 Å². The molecule has 0 saturated heterocycles. The van der Waals surface area contributed by atoms with Gasteiger partial charge in [0.05, 0.1) is 11.3 Å². The molecule has 1 heterocycles. The molecule has 5 nitrogen and oxygen atoms in total. The number of nitriles is 3. The van der Waals surface area contributed by atoms with Crippen molar-refractivity contribution in [3.8, 4) is 18.2 Å². The van der Waals surface area contributed by atoms with Crippen LogP contribution in [0.1, 0.15) is 0 Å². The number of alkyl halides is 1. The molecule has 0 aromatic heterocycles. The van der Waals surface area contributed by atoms with Gasteiger partial charge < -0.3 is 5.32 Å². The molecule has 0 aromatic rings. The van der Waals surface area contributed by atoms with Crippen LogP contribution in [0.4, 0.5) is 0 Å². The zero-order valence-corrected chi connectivity index (χ0v) is 9.49. The molecule has 72 valence electrons. The van der Waals surface area contributed by atoms with Gasteiger partial charge in [-0.3, -0.25) is 4.79 Å². The molecule has 1 N–H and O–H groups in total. The molecule has 0 fully saturated rings. The van der Waals surface area contributed by atoms with Gasteiger partial charge in [-0.05, 0) is 0 Å². The van der Waals surface area contributed by atoms with Crippen LogP contribution >= 0.6 is 22.6 Å². The van der Waals surface area contributed by atoms with Crippen LogP contribution in [0.15, 0.2) is 22.4 Å². The number of hydrogen-bond acceptors (Lipinski definition) is 4. The number of nitrogens with zero attached hydrogens (tertiary/aromatic N) is 3. The monoisotopic (exact) mass is 310 g/mol. The molecule has 0 saturated carbocycles. The molecule has 1 rings (SSSR count). The lowest BCUT2D eigenvalue weighted by molar-refractivity contribution is -0.116. The summed E-state index contributed by atoms with van der Waals surface area (Å²) in [4.78, 5) is 11.3. The normalized spacial score (nSPS) is 14.0. The summed E-state index contributed by atoms with van der Waals surface area (Å²) in [5, 5.41) is 28.5. The van der Waals surface area contributed by atoms with Crippen molar-refractivity contribution in [1.82, 2.24) is 5.32 Å². The van der Waals surface area contributed by atoms with E-state index in [2.05, 4.69) is 5.32 Å². The fourth-order valence-electron chi connectivity index (χ4n) is 1.09. The number of hydrogen-bond donors (Lipinski definition) is 1. The summed E-state index contributed by atoms with van der Waals surface area (Å²) >= 11 is 1.94. The van der Waals surface area contributed by atoms with Gasteiger partial charge in [-0.25, -0.2) is 0 Å². The molecule has 0 spiro atoms. The Morgan fingerprint density at radius 2 is 1.93 bits per heavy atom. The maximum Gasteiger partial charge on any atom is 0.253 e.